The quantitative estimate of drug-likeness (QED) is 0.219. The summed E-state index contributed by atoms with van der Waals surface area (Å²) in [7, 11) is 1.94. The molecule has 4 aromatic rings. The molecule has 1 N–H and O–H groups in total. The number of carboxylic acids is 1. The van der Waals surface area contributed by atoms with E-state index in [4.69, 9.17) is 9.47 Å². The first-order valence-electron chi connectivity index (χ1n) is 12.5. The van der Waals surface area contributed by atoms with Gasteiger partial charge in [-0.1, -0.05) is 19.1 Å². The number of likely N-dealkylation sites (N-methyl/N-ethyl adjacent to an activating group) is 1. The molecule has 0 atom stereocenters. The maximum absolute atomic E-state index is 14.8. The molecular formula is C29H26FN3O5S. The monoisotopic (exact) mass is 547 g/mol. The van der Waals surface area contributed by atoms with E-state index in [0.717, 1.165) is 23.5 Å². The van der Waals surface area contributed by atoms with Crippen molar-refractivity contribution in [3.8, 4) is 11.5 Å². The van der Waals surface area contributed by atoms with E-state index in [-0.39, 0.29) is 28.9 Å². The van der Waals surface area contributed by atoms with Crippen molar-refractivity contribution in [2.24, 2.45) is 0 Å². The van der Waals surface area contributed by atoms with Crippen molar-refractivity contribution < 1.29 is 28.6 Å². The van der Waals surface area contributed by atoms with Crippen LogP contribution < -0.4 is 14.4 Å². The van der Waals surface area contributed by atoms with Gasteiger partial charge in [0.25, 0.3) is 0 Å². The smallest absolute Gasteiger partial charge is 0.336 e. The number of allylic oxidation sites excluding steroid dienone is 1. The first-order valence-corrected chi connectivity index (χ1v) is 13.2. The number of ether oxygens (including phenoxy) is 2. The second kappa shape index (κ2) is 11.2. The summed E-state index contributed by atoms with van der Waals surface area (Å²) in [4.78, 5) is 28.7. The number of carbonyl (C=O) groups excluding carboxylic acids is 1. The van der Waals surface area contributed by atoms with Crippen molar-refractivity contribution in [3.05, 3.63) is 82.7 Å². The number of carboxylic acid groups (broad SMARTS) is 1. The fourth-order valence-electron chi connectivity index (χ4n) is 4.50. The van der Waals surface area contributed by atoms with Gasteiger partial charge in [0.2, 0.25) is 0 Å². The van der Waals surface area contributed by atoms with Crippen LogP contribution in [0, 0.1) is 5.82 Å². The highest BCUT2D eigenvalue weighted by Crippen LogP contribution is 2.34. The van der Waals surface area contributed by atoms with Gasteiger partial charge in [-0.3, -0.25) is 4.79 Å². The van der Waals surface area contributed by atoms with Crippen LogP contribution in [0.5, 0.6) is 11.5 Å². The average molecular weight is 548 g/mol. The van der Waals surface area contributed by atoms with Gasteiger partial charge >= 0.3 is 5.97 Å². The van der Waals surface area contributed by atoms with E-state index in [1.165, 1.54) is 12.1 Å². The van der Waals surface area contributed by atoms with Crippen LogP contribution in [0.1, 0.15) is 34.8 Å². The van der Waals surface area contributed by atoms with Gasteiger partial charge in [0.05, 0.1) is 36.1 Å². The molecule has 0 saturated carbocycles. The molecule has 0 amide bonds. The van der Waals surface area contributed by atoms with Crippen LogP contribution in [0.25, 0.3) is 16.6 Å². The predicted octanol–water partition coefficient (Wildman–Crippen LogP) is 5.41. The lowest BCUT2D eigenvalue weighted by Gasteiger charge is -2.28. The van der Waals surface area contributed by atoms with Gasteiger partial charge in [-0.15, -0.1) is 0 Å². The molecule has 1 aromatic heterocycles. The number of ketones is 1. The highest BCUT2D eigenvalue weighted by Gasteiger charge is 2.26. The third kappa shape index (κ3) is 5.46. The van der Waals surface area contributed by atoms with Crippen molar-refractivity contribution >= 4 is 45.8 Å². The number of carbonyl (C=O) groups is 2. The molecule has 8 nitrogen and oxygen atoms in total. The highest BCUT2D eigenvalue weighted by molar-refractivity contribution is 7.00. The van der Waals surface area contributed by atoms with Gasteiger partial charge in [-0.05, 0) is 60.0 Å². The van der Waals surface area contributed by atoms with E-state index in [1.54, 1.807) is 24.3 Å². The number of hydrogen-bond donors (Lipinski definition) is 1. The van der Waals surface area contributed by atoms with E-state index in [1.807, 2.05) is 31.0 Å². The summed E-state index contributed by atoms with van der Waals surface area (Å²) in [6.07, 6.45) is 0.708. The summed E-state index contributed by atoms with van der Waals surface area (Å²) >= 11 is 1.02. The van der Waals surface area contributed by atoms with Crippen LogP contribution >= 0.6 is 11.7 Å². The Kier molecular flexibility index (Phi) is 7.56. The summed E-state index contributed by atoms with van der Waals surface area (Å²) in [6, 6.07) is 14.3. The number of hydrogen-bond acceptors (Lipinski definition) is 8. The van der Waals surface area contributed by atoms with Crippen molar-refractivity contribution in [2.75, 3.05) is 31.7 Å². The molecule has 200 valence electrons. The number of aromatic nitrogens is 2. The van der Waals surface area contributed by atoms with Gasteiger partial charge in [-0.25, -0.2) is 9.18 Å². The first kappa shape index (κ1) is 26.3. The van der Waals surface area contributed by atoms with Crippen LogP contribution in [0.2, 0.25) is 0 Å². The molecule has 5 rings (SSSR count). The molecule has 0 saturated heterocycles. The highest BCUT2D eigenvalue weighted by atomic mass is 32.1. The minimum Gasteiger partial charge on any atom is -0.491 e. The second-order valence-electron chi connectivity index (χ2n) is 9.20. The minimum atomic E-state index is -1.28. The summed E-state index contributed by atoms with van der Waals surface area (Å²) in [5.74, 6) is -1.80. The summed E-state index contributed by atoms with van der Waals surface area (Å²) in [5.41, 5.74) is 2.90. The van der Waals surface area contributed by atoms with Gasteiger partial charge in [0.15, 0.2) is 17.3 Å². The number of aliphatic carboxylic acids is 1. The van der Waals surface area contributed by atoms with Gasteiger partial charge in [0, 0.05) is 24.6 Å². The number of anilines is 1. The summed E-state index contributed by atoms with van der Waals surface area (Å²) in [6.45, 7) is 3.51. The van der Waals surface area contributed by atoms with Crippen LogP contribution in [-0.2, 0) is 11.2 Å². The largest absolute Gasteiger partial charge is 0.491 e. The fraction of sp³-hybridized carbons (Fsp3) is 0.241. The molecule has 3 aromatic carbocycles. The molecule has 0 aliphatic carbocycles. The molecular weight excluding hydrogens is 521 g/mol. The number of halogens is 1. The molecule has 1 aliphatic heterocycles. The minimum absolute atomic E-state index is 0.00461. The maximum atomic E-state index is 14.8. The summed E-state index contributed by atoms with van der Waals surface area (Å²) in [5, 5.41) is 10.4. The van der Waals surface area contributed by atoms with E-state index < -0.39 is 17.6 Å². The Balaban J connectivity index is 1.63. The van der Waals surface area contributed by atoms with Crippen molar-refractivity contribution in [3.63, 3.8) is 0 Å². The Morgan fingerprint density at radius 3 is 2.64 bits per heavy atom. The van der Waals surface area contributed by atoms with E-state index in [9.17, 15) is 19.1 Å². The number of nitrogens with zero attached hydrogens (tertiary/aromatic N) is 3. The van der Waals surface area contributed by atoms with E-state index in [2.05, 4.69) is 8.75 Å². The van der Waals surface area contributed by atoms with Gasteiger partial charge < -0.3 is 19.5 Å². The molecule has 0 radical (unpaired) electrons. The lowest BCUT2D eigenvalue weighted by Crippen LogP contribution is -2.28. The lowest BCUT2D eigenvalue weighted by molar-refractivity contribution is -0.130. The number of fused-ring (bicyclic) bond motifs is 2. The normalized spacial score (nSPS) is 13.5. The standard InChI is InChI=1S/C29H26FN3O5S/c1-3-11-37-25-9-6-19(15-21(25)30)28(34)20(13-17-4-8-26-24(14-17)33(2)10-12-38-26)27(29(35)36)18-5-7-22-23(16-18)32-39-31-22/h4-9,14-16H,3,10-13H2,1-2H3,(H,35,36). The Bertz CT molecular complexity index is 1600. The molecule has 0 spiro atoms. The fourth-order valence-corrected chi connectivity index (χ4v) is 5.02. The third-order valence-corrected chi connectivity index (χ3v) is 7.04. The predicted molar refractivity (Wildman–Crippen MR) is 147 cm³/mol. The van der Waals surface area contributed by atoms with Crippen molar-refractivity contribution in [1.29, 1.82) is 0 Å². The molecule has 39 heavy (non-hydrogen) atoms. The zero-order chi connectivity index (χ0) is 27.5. The first-order chi connectivity index (χ1) is 18.9. The van der Waals surface area contributed by atoms with Gasteiger partial charge in [0.1, 0.15) is 23.4 Å². The molecule has 0 unspecified atom stereocenters. The molecule has 2 heterocycles. The molecule has 10 heteroatoms. The van der Waals surface area contributed by atoms with Crippen LogP contribution in [0.4, 0.5) is 10.1 Å². The zero-order valence-electron chi connectivity index (χ0n) is 21.4. The van der Waals surface area contributed by atoms with Crippen LogP contribution in [0.3, 0.4) is 0 Å². The number of benzene rings is 3. The number of Topliss-reactive ketones (excluding diaryl/α,β-unsaturated/α-hetero) is 1. The third-order valence-electron chi connectivity index (χ3n) is 6.49. The van der Waals surface area contributed by atoms with E-state index in [0.29, 0.717) is 54.1 Å². The summed E-state index contributed by atoms with van der Waals surface area (Å²) < 4.78 is 34.4. The Morgan fingerprint density at radius 2 is 1.87 bits per heavy atom. The molecule has 1 aliphatic rings. The van der Waals surface area contributed by atoms with Crippen LogP contribution in [0.15, 0.2) is 60.2 Å². The van der Waals surface area contributed by atoms with Crippen molar-refractivity contribution in [2.45, 2.75) is 19.8 Å². The van der Waals surface area contributed by atoms with Gasteiger partial charge in [-0.2, -0.15) is 8.75 Å². The Morgan fingerprint density at radius 1 is 1.08 bits per heavy atom. The number of rotatable bonds is 9. The Labute approximate surface area is 228 Å². The zero-order valence-corrected chi connectivity index (χ0v) is 22.3. The average Bonchev–Trinajstić information content (AvgIpc) is 3.40. The SMILES string of the molecule is CCCOc1ccc(C(=O)C(Cc2ccc3c(c2)N(C)CCO3)=C(C(=O)O)c2ccc3nsnc3c2)cc1F. The van der Waals surface area contributed by atoms with Crippen LogP contribution in [-0.4, -0.2) is 52.4 Å². The lowest BCUT2D eigenvalue weighted by atomic mass is 9.89. The topological polar surface area (TPSA) is 102 Å². The maximum Gasteiger partial charge on any atom is 0.336 e. The van der Waals surface area contributed by atoms with E-state index >= 15 is 0 Å². The molecule has 0 fully saturated rings. The second-order valence-corrected chi connectivity index (χ2v) is 9.73. The van der Waals surface area contributed by atoms with Crippen molar-refractivity contribution in [1.82, 2.24) is 8.75 Å². The molecule has 0 bridgehead atoms. The Hall–Kier alpha value is -4.31.